The van der Waals surface area contributed by atoms with Crippen LogP contribution in [0, 0.1) is 0 Å². The predicted octanol–water partition coefficient (Wildman–Crippen LogP) is 1.83. The van der Waals surface area contributed by atoms with Crippen LogP contribution < -0.4 is 10.1 Å². The molecule has 0 aliphatic heterocycles. The molecule has 2 aromatic rings. The fourth-order valence-electron chi connectivity index (χ4n) is 1.92. The number of sulfone groups is 1. The van der Waals surface area contributed by atoms with Gasteiger partial charge in [-0.05, 0) is 29.8 Å². The van der Waals surface area contributed by atoms with Crippen molar-refractivity contribution in [3.05, 3.63) is 66.0 Å². The van der Waals surface area contributed by atoms with Crippen molar-refractivity contribution in [2.75, 3.05) is 18.6 Å². The molecule has 25 heavy (non-hydrogen) atoms. The van der Waals surface area contributed by atoms with E-state index in [2.05, 4.69) is 10.3 Å². The van der Waals surface area contributed by atoms with Gasteiger partial charge in [0.15, 0.2) is 0 Å². The molecule has 2 rings (SSSR count). The molecule has 1 aromatic heterocycles. The predicted molar refractivity (Wildman–Crippen MR) is 96.8 cm³/mol. The minimum absolute atomic E-state index is 0.0739. The first-order valence-corrected chi connectivity index (χ1v) is 9.74. The molecule has 6 nitrogen and oxygen atoms in total. The minimum Gasteiger partial charge on any atom is -0.489 e. The number of carbonyl (C=O) groups excluding carboxylic acids is 1. The number of nitrogens with one attached hydrogen (secondary N) is 1. The number of hydrogen-bond acceptors (Lipinski definition) is 5. The number of hydrogen-bond donors (Lipinski definition) is 1. The standard InChI is InChI=1S/C18H20N2O4S/c1-25(22,23)12-11-20-18(21)9-6-15-4-7-17(8-5-15)24-14-16-3-2-10-19-13-16/h2-10,13H,11-12,14H2,1H3,(H,20,21)/b9-6+. The summed E-state index contributed by atoms with van der Waals surface area (Å²) in [7, 11) is -3.07. The van der Waals surface area contributed by atoms with E-state index in [1.165, 1.54) is 6.08 Å². The number of benzene rings is 1. The normalized spacial score (nSPS) is 11.4. The molecule has 0 fully saturated rings. The average Bonchev–Trinajstić information content (AvgIpc) is 2.59. The van der Waals surface area contributed by atoms with Crippen LogP contribution in [0.15, 0.2) is 54.9 Å². The highest BCUT2D eigenvalue weighted by atomic mass is 32.2. The van der Waals surface area contributed by atoms with Crippen LogP contribution in [-0.2, 0) is 21.2 Å². The van der Waals surface area contributed by atoms with E-state index in [1.54, 1.807) is 18.5 Å². The van der Waals surface area contributed by atoms with E-state index in [0.717, 1.165) is 23.1 Å². The number of ether oxygens (including phenoxy) is 1. The molecule has 0 aliphatic carbocycles. The largest absolute Gasteiger partial charge is 0.489 e. The molecule has 0 radical (unpaired) electrons. The lowest BCUT2D eigenvalue weighted by molar-refractivity contribution is -0.116. The highest BCUT2D eigenvalue weighted by Gasteiger charge is 2.02. The van der Waals surface area contributed by atoms with Gasteiger partial charge >= 0.3 is 0 Å². The highest BCUT2D eigenvalue weighted by Crippen LogP contribution is 2.14. The van der Waals surface area contributed by atoms with Crippen LogP contribution in [0.5, 0.6) is 5.75 Å². The molecule has 1 aromatic carbocycles. The van der Waals surface area contributed by atoms with E-state index in [-0.39, 0.29) is 18.2 Å². The van der Waals surface area contributed by atoms with Crippen LogP contribution in [0.4, 0.5) is 0 Å². The quantitative estimate of drug-likeness (QED) is 0.726. The van der Waals surface area contributed by atoms with Gasteiger partial charge in [-0.3, -0.25) is 9.78 Å². The second-order valence-electron chi connectivity index (χ2n) is 5.47. The van der Waals surface area contributed by atoms with Crippen molar-refractivity contribution in [2.24, 2.45) is 0 Å². The number of aromatic nitrogens is 1. The third kappa shape index (κ3) is 7.63. The van der Waals surface area contributed by atoms with Gasteiger partial charge in [-0.25, -0.2) is 8.42 Å². The first-order valence-electron chi connectivity index (χ1n) is 7.68. The fourth-order valence-corrected chi connectivity index (χ4v) is 2.39. The molecular formula is C18H20N2O4S. The zero-order valence-corrected chi connectivity index (χ0v) is 14.7. The summed E-state index contributed by atoms with van der Waals surface area (Å²) in [5, 5.41) is 2.52. The van der Waals surface area contributed by atoms with Gasteiger partial charge in [0.1, 0.15) is 22.2 Å². The van der Waals surface area contributed by atoms with Crippen molar-refractivity contribution >= 4 is 21.8 Å². The van der Waals surface area contributed by atoms with Crippen LogP contribution in [0.2, 0.25) is 0 Å². The second-order valence-corrected chi connectivity index (χ2v) is 7.73. The first kappa shape index (κ1) is 18.7. The summed E-state index contributed by atoms with van der Waals surface area (Å²) >= 11 is 0. The lowest BCUT2D eigenvalue weighted by atomic mass is 10.2. The third-order valence-electron chi connectivity index (χ3n) is 3.21. The molecule has 0 saturated heterocycles. The molecule has 0 bridgehead atoms. The topological polar surface area (TPSA) is 85.4 Å². The Hall–Kier alpha value is -2.67. The van der Waals surface area contributed by atoms with Crippen molar-refractivity contribution in [3.8, 4) is 5.75 Å². The van der Waals surface area contributed by atoms with Crippen molar-refractivity contribution in [3.63, 3.8) is 0 Å². The van der Waals surface area contributed by atoms with Crippen molar-refractivity contribution < 1.29 is 17.9 Å². The van der Waals surface area contributed by atoms with E-state index >= 15 is 0 Å². The van der Waals surface area contributed by atoms with Gasteiger partial charge in [-0.1, -0.05) is 18.2 Å². The maximum Gasteiger partial charge on any atom is 0.244 e. The van der Waals surface area contributed by atoms with Crippen LogP contribution in [0.25, 0.3) is 6.08 Å². The van der Waals surface area contributed by atoms with E-state index in [1.807, 2.05) is 36.4 Å². The second kappa shape index (κ2) is 8.98. The lowest BCUT2D eigenvalue weighted by Gasteiger charge is -2.06. The third-order valence-corrected chi connectivity index (χ3v) is 4.15. The molecule has 1 N–H and O–H groups in total. The van der Waals surface area contributed by atoms with Crippen molar-refractivity contribution in [1.82, 2.24) is 10.3 Å². The number of amides is 1. The van der Waals surface area contributed by atoms with Crippen molar-refractivity contribution in [2.45, 2.75) is 6.61 Å². The summed E-state index contributed by atoms with van der Waals surface area (Å²) in [6.45, 7) is 0.537. The number of carbonyl (C=O) groups is 1. The van der Waals surface area contributed by atoms with Crippen LogP contribution in [-0.4, -0.2) is 37.9 Å². The van der Waals surface area contributed by atoms with Gasteiger partial charge in [0.2, 0.25) is 5.91 Å². The Morgan fingerprint density at radius 2 is 2.00 bits per heavy atom. The Kier molecular flexibility index (Phi) is 6.71. The molecule has 0 atom stereocenters. The van der Waals surface area contributed by atoms with Gasteiger partial charge in [-0.15, -0.1) is 0 Å². The molecule has 0 aliphatic rings. The number of pyridine rings is 1. The monoisotopic (exact) mass is 360 g/mol. The molecule has 7 heteroatoms. The SMILES string of the molecule is CS(=O)(=O)CCNC(=O)/C=C/c1ccc(OCc2cccnc2)cc1. The van der Waals surface area contributed by atoms with Gasteiger partial charge in [0.05, 0.1) is 5.75 Å². The van der Waals surface area contributed by atoms with Crippen LogP contribution in [0.3, 0.4) is 0 Å². The van der Waals surface area contributed by atoms with E-state index < -0.39 is 9.84 Å². The number of nitrogens with zero attached hydrogens (tertiary/aromatic N) is 1. The summed E-state index contributed by atoms with van der Waals surface area (Å²) in [5.74, 6) is 0.314. The van der Waals surface area contributed by atoms with Crippen LogP contribution >= 0.6 is 0 Å². The minimum atomic E-state index is -3.07. The Morgan fingerprint density at radius 3 is 2.64 bits per heavy atom. The summed E-state index contributed by atoms with van der Waals surface area (Å²) in [6, 6.07) is 11.1. The molecule has 0 unspecified atom stereocenters. The van der Waals surface area contributed by atoms with Gasteiger partial charge in [-0.2, -0.15) is 0 Å². The fraction of sp³-hybridized carbons (Fsp3) is 0.222. The van der Waals surface area contributed by atoms with Crippen molar-refractivity contribution in [1.29, 1.82) is 0 Å². The molecule has 1 heterocycles. The summed E-state index contributed by atoms with van der Waals surface area (Å²) in [4.78, 5) is 15.6. The molecule has 0 saturated carbocycles. The van der Waals surface area contributed by atoms with Gasteiger partial charge in [0, 0.05) is 36.8 Å². The van der Waals surface area contributed by atoms with E-state index in [9.17, 15) is 13.2 Å². The average molecular weight is 360 g/mol. The van der Waals surface area contributed by atoms with Gasteiger partial charge in [0.25, 0.3) is 0 Å². The summed E-state index contributed by atoms with van der Waals surface area (Å²) < 4.78 is 27.6. The zero-order chi connectivity index (χ0) is 18.1. The molecule has 132 valence electrons. The molecular weight excluding hydrogens is 340 g/mol. The highest BCUT2D eigenvalue weighted by molar-refractivity contribution is 7.90. The Balaban J connectivity index is 1.80. The van der Waals surface area contributed by atoms with E-state index in [4.69, 9.17) is 4.74 Å². The van der Waals surface area contributed by atoms with Gasteiger partial charge < -0.3 is 10.1 Å². The summed E-state index contributed by atoms with van der Waals surface area (Å²) in [6.07, 6.45) is 7.61. The zero-order valence-electron chi connectivity index (χ0n) is 13.9. The molecule has 0 spiro atoms. The molecule has 1 amide bonds. The lowest BCUT2D eigenvalue weighted by Crippen LogP contribution is -2.27. The Bertz CT molecular complexity index is 816. The Morgan fingerprint density at radius 1 is 1.24 bits per heavy atom. The first-order chi connectivity index (χ1) is 11.9. The smallest absolute Gasteiger partial charge is 0.244 e. The number of rotatable bonds is 8. The summed E-state index contributed by atoms with van der Waals surface area (Å²) in [5.41, 5.74) is 1.82. The Labute approximate surface area is 147 Å². The maximum absolute atomic E-state index is 11.6. The van der Waals surface area contributed by atoms with Crippen LogP contribution in [0.1, 0.15) is 11.1 Å². The van der Waals surface area contributed by atoms with E-state index in [0.29, 0.717) is 6.61 Å². The maximum atomic E-state index is 11.6.